The number of nitrogens with one attached hydrogen (secondary N) is 1. The summed E-state index contributed by atoms with van der Waals surface area (Å²) in [7, 11) is -4.02. The lowest BCUT2D eigenvalue weighted by atomic mass is 10.0. The maximum atomic E-state index is 12.6. The lowest BCUT2D eigenvalue weighted by Gasteiger charge is -2.48. The molecule has 2 N–H and O–H groups in total. The molecule has 1 aromatic carbocycles. The highest BCUT2D eigenvalue weighted by Crippen LogP contribution is 2.37. The van der Waals surface area contributed by atoms with Gasteiger partial charge in [0.2, 0.25) is 0 Å². The number of sulfone groups is 1. The third-order valence-corrected chi connectivity index (χ3v) is 6.31. The van der Waals surface area contributed by atoms with Crippen molar-refractivity contribution in [2.24, 2.45) is 0 Å². The van der Waals surface area contributed by atoms with Crippen LogP contribution in [0.1, 0.15) is 17.3 Å². The number of hydrogen-bond acceptors (Lipinski definition) is 7. The lowest BCUT2D eigenvalue weighted by Crippen LogP contribution is -2.74. The van der Waals surface area contributed by atoms with Crippen LogP contribution in [0.3, 0.4) is 0 Å². The summed E-state index contributed by atoms with van der Waals surface area (Å²) >= 11 is 0. The maximum Gasteiger partial charge on any atom is 0.352 e. The molecule has 11 heteroatoms. The van der Waals surface area contributed by atoms with Crippen molar-refractivity contribution < 1.29 is 37.4 Å². The average Bonchev–Trinajstić information content (AvgIpc) is 2.63. The van der Waals surface area contributed by atoms with Gasteiger partial charge in [0.15, 0.2) is 15.2 Å². The molecule has 10 nitrogen and oxygen atoms in total. The summed E-state index contributed by atoms with van der Waals surface area (Å²) in [5.74, 6) is -4.47. The molecule has 0 unspecified atom stereocenters. The van der Waals surface area contributed by atoms with E-state index in [1.807, 2.05) is 0 Å². The number of carbonyl (C=O) groups is 4. The van der Waals surface area contributed by atoms with Crippen LogP contribution in [0.4, 0.5) is 0 Å². The molecule has 0 radical (unpaired) electrons. The highest BCUT2D eigenvalue weighted by Gasteiger charge is 2.60. The van der Waals surface area contributed by atoms with E-state index >= 15 is 0 Å². The summed E-state index contributed by atoms with van der Waals surface area (Å²) in [6.07, 6.45) is 0. The molecule has 2 aliphatic heterocycles. The third-order valence-electron chi connectivity index (χ3n) is 4.34. The fraction of sp³-hybridized carbons (Fsp3) is 0.294. The standard InChI is InChI=1S/C17H16N2O8S/c1-9(20)27-7-11-8-28(25,26)16-12(15(22)19(16)13(11)17(23)24)18-14(21)10-5-3-2-4-6-10/h2-6,12,16H,7-8H2,1H3,(H,18,21)(H,23,24)/t12-,16+/m1/s1. The molecule has 3 rings (SSSR count). The first kappa shape index (κ1) is 19.5. The molecule has 148 valence electrons. The fourth-order valence-electron chi connectivity index (χ4n) is 3.14. The van der Waals surface area contributed by atoms with Gasteiger partial charge < -0.3 is 15.2 Å². The molecular formula is C17H16N2O8S. The summed E-state index contributed by atoms with van der Waals surface area (Å²) in [6.45, 7) is 0.527. The van der Waals surface area contributed by atoms with E-state index in [9.17, 15) is 32.7 Å². The predicted molar refractivity (Wildman–Crippen MR) is 93.4 cm³/mol. The summed E-state index contributed by atoms with van der Waals surface area (Å²) in [5, 5.41) is 10.3. The Morgan fingerprint density at radius 1 is 1.25 bits per heavy atom. The van der Waals surface area contributed by atoms with Gasteiger partial charge in [-0.05, 0) is 12.1 Å². The second-order valence-corrected chi connectivity index (χ2v) is 8.36. The van der Waals surface area contributed by atoms with Gasteiger partial charge >= 0.3 is 11.9 Å². The molecule has 0 aliphatic carbocycles. The number of ether oxygens (including phenoxy) is 1. The monoisotopic (exact) mass is 408 g/mol. The number of rotatable bonds is 5. The Labute approximate surface area is 159 Å². The van der Waals surface area contributed by atoms with Crippen LogP contribution >= 0.6 is 0 Å². The van der Waals surface area contributed by atoms with E-state index < -0.39 is 63.1 Å². The minimum atomic E-state index is -4.02. The first-order valence-corrected chi connectivity index (χ1v) is 9.84. The highest BCUT2D eigenvalue weighted by atomic mass is 32.2. The molecule has 2 aliphatic rings. The van der Waals surface area contributed by atoms with Gasteiger partial charge in [-0.15, -0.1) is 0 Å². The number of benzene rings is 1. The van der Waals surface area contributed by atoms with Crippen LogP contribution in [0.2, 0.25) is 0 Å². The summed E-state index contributed by atoms with van der Waals surface area (Å²) in [5.41, 5.74) is -0.525. The van der Waals surface area contributed by atoms with Gasteiger partial charge in [0.05, 0.1) is 5.75 Å². The molecule has 2 atom stereocenters. The maximum absolute atomic E-state index is 12.6. The van der Waals surface area contributed by atoms with Crippen molar-refractivity contribution in [3.8, 4) is 0 Å². The Balaban J connectivity index is 1.90. The summed E-state index contributed by atoms with van der Waals surface area (Å²) in [6, 6.07) is 6.48. The first-order valence-electron chi connectivity index (χ1n) is 8.12. The smallest absolute Gasteiger partial charge is 0.352 e. The third kappa shape index (κ3) is 3.36. The van der Waals surface area contributed by atoms with Crippen molar-refractivity contribution in [2.45, 2.75) is 18.3 Å². The molecule has 2 heterocycles. The van der Waals surface area contributed by atoms with E-state index in [-0.39, 0.29) is 11.1 Å². The van der Waals surface area contributed by atoms with Crippen molar-refractivity contribution in [3.63, 3.8) is 0 Å². The number of nitrogens with zero attached hydrogens (tertiary/aromatic N) is 1. The van der Waals surface area contributed by atoms with E-state index in [0.717, 1.165) is 6.92 Å². The number of carboxylic acid groups (broad SMARTS) is 1. The minimum absolute atomic E-state index is 0.208. The van der Waals surface area contributed by atoms with Gasteiger partial charge in [0.1, 0.15) is 18.3 Å². The highest BCUT2D eigenvalue weighted by molar-refractivity contribution is 7.92. The van der Waals surface area contributed by atoms with Crippen molar-refractivity contribution in [3.05, 3.63) is 47.2 Å². The van der Waals surface area contributed by atoms with E-state index in [1.165, 1.54) is 12.1 Å². The van der Waals surface area contributed by atoms with Crippen LogP contribution < -0.4 is 5.32 Å². The van der Waals surface area contributed by atoms with Gasteiger partial charge in [-0.25, -0.2) is 13.2 Å². The Hall–Kier alpha value is -3.21. The zero-order valence-electron chi connectivity index (χ0n) is 14.6. The number of carbonyl (C=O) groups excluding carboxylic acids is 3. The van der Waals surface area contributed by atoms with Crippen LogP contribution in [0.25, 0.3) is 0 Å². The molecule has 0 spiro atoms. The Bertz CT molecular complexity index is 999. The van der Waals surface area contributed by atoms with Crippen molar-refractivity contribution in [1.29, 1.82) is 0 Å². The van der Waals surface area contributed by atoms with Crippen molar-refractivity contribution in [2.75, 3.05) is 12.4 Å². The zero-order chi connectivity index (χ0) is 20.6. The topological polar surface area (TPSA) is 147 Å². The second-order valence-electron chi connectivity index (χ2n) is 6.26. The van der Waals surface area contributed by atoms with Gasteiger partial charge in [-0.3, -0.25) is 19.3 Å². The Morgan fingerprint density at radius 2 is 1.89 bits per heavy atom. The van der Waals surface area contributed by atoms with E-state index in [0.29, 0.717) is 4.90 Å². The van der Waals surface area contributed by atoms with E-state index in [1.54, 1.807) is 18.2 Å². The molecule has 28 heavy (non-hydrogen) atoms. The summed E-state index contributed by atoms with van der Waals surface area (Å²) < 4.78 is 30.0. The molecule has 0 aromatic heterocycles. The van der Waals surface area contributed by atoms with Crippen molar-refractivity contribution in [1.82, 2.24) is 10.2 Å². The zero-order valence-corrected chi connectivity index (χ0v) is 15.4. The fourth-order valence-corrected chi connectivity index (χ4v) is 5.14. The number of esters is 1. The van der Waals surface area contributed by atoms with Crippen LogP contribution in [0.15, 0.2) is 41.6 Å². The van der Waals surface area contributed by atoms with Gasteiger partial charge in [0, 0.05) is 18.1 Å². The second kappa shape index (κ2) is 7.08. The largest absolute Gasteiger partial charge is 0.477 e. The molecule has 0 saturated carbocycles. The van der Waals surface area contributed by atoms with E-state index in [2.05, 4.69) is 5.32 Å². The Kier molecular flexibility index (Phi) is 4.94. The SMILES string of the molecule is CC(=O)OCC1=C(C(=O)O)N2C(=O)[C@@H](NC(=O)c3ccccc3)[C@@H]2S(=O)(=O)C1. The molecule has 0 bridgehead atoms. The molecule has 2 amide bonds. The van der Waals surface area contributed by atoms with Gasteiger partial charge in [-0.2, -0.15) is 0 Å². The number of aliphatic carboxylic acids is 1. The van der Waals surface area contributed by atoms with Gasteiger partial charge in [0.25, 0.3) is 11.8 Å². The van der Waals surface area contributed by atoms with Gasteiger partial charge in [-0.1, -0.05) is 18.2 Å². The number of amides is 2. The minimum Gasteiger partial charge on any atom is -0.477 e. The normalized spacial score (nSPS) is 22.8. The predicted octanol–water partition coefficient (Wildman–Crippen LogP) is -0.716. The quantitative estimate of drug-likeness (QED) is 0.479. The summed E-state index contributed by atoms with van der Waals surface area (Å²) in [4.78, 5) is 48.0. The number of fused-ring (bicyclic) bond motifs is 1. The number of β-lactam (4-membered cyclic amide) rings is 1. The van der Waals surface area contributed by atoms with Crippen LogP contribution in [0.5, 0.6) is 0 Å². The Morgan fingerprint density at radius 3 is 2.46 bits per heavy atom. The molecule has 1 aromatic rings. The lowest BCUT2D eigenvalue weighted by molar-refractivity contribution is -0.149. The van der Waals surface area contributed by atoms with Crippen LogP contribution in [-0.4, -0.2) is 66.0 Å². The van der Waals surface area contributed by atoms with Crippen molar-refractivity contribution >= 4 is 33.6 Å². The van der Waals surface area contributed by atoms with Crippen LogP contribution in [0, 0.1) is 0 Å². The molecule has 1 saturated heterocycles. The van der Waals surface area contributed by atoms with E-state index in [4.69, 9.17) is 4.74 Å². The molecular weight excluding hydrogens is 392 g/mol. The number of hydrogen-bond donors (Lipinski definition) is 2. The number of carboxylic acids is 1. The average molecular weight is 408 g/mol. The molecule has 1 fully saturated rings. The first-order chi connectivity index (χ1) is 13.1. The van der Waals surface area contributed by atoms with Crippen LogP contribution in [-0.2, 0) is 29.0 Å².